The van der Waals surface area contributed by atoms with Crippen molar-refractivity contribution >= 4 is 27.5 Å². The maximum atomic E-state index is 12.7. The summed E-state index contributed by atoms with van der Waals surface area (Å²) in [6, 6.07) is 13.4. The van der Waals surface area contributed by atoms with Crippen molar-refractivity contribution < 1.29 is 17.9 Å². The zero-order valence-electron chi connectivity index (χ0n) is 17.5. The zero-order chi connectivity index (χ0) is 22.1. The van der Waals surface area contributed by atoms with Crippen LogP contribution in [0.3, 0.4) is 0 Å². The van der Waals surface area contributed by atoms with Crippen molar-refractivity contribution in [2.45, 2.75) is 56.1 Å². The van der Waals surface area contributed by atoms with Crippen LogP contribution in [0.1, 0.15) is 54.4 Å². The van der Waals surface area contributed by atoms with Gasteiger partial charge in [-0.1, -0.05) is 61.2 Å². The van der Waals surface area contributed by atoms with Crippen molar-refractivity contribution in [1.29, 1.82) is 0 Å². The van der Waals surface area contributed by atoms with Gasteiger partial charge in [0.25, 0.3) is 5.91 Å². The van der Waals surface area contributed by atoms with Gasteiger partial charge in [0.2, 0.25) is 10.0 Å². The maximum Gasteiger partial charge on any atom is 0.251 e. The smallest absolute Gasteiger partial charge is 0.251 e. The van der Waals surface area contributed by atoms with Crippen LogP contribution in [0.25, 0.3) is 0 Å². The van der Waals surface area contributed by atoms with Crippen LogP contribution >= 0.6 is 11.6 Å². The number of hydrogen-bond acceptors (Lipinski definition) is 4. The maximum absolute atomic E-state index is 12.7. The highest BCUT2D eigenvalue weighted by Gasteiger charge is 2.20. The Morgan fingerprint density at radius 3 is 2.55 bits per heavy atom. The van der Waals surface area contributed by atoms with Crippen molar-refractivity contribution in [3.63, 3.8) is 0 Å². The molecule has 1 amide bonds. The van der Waals surface area contributed by atoms with Crippen LogP contribution in [0.15, 0.2) is 53.4 Å². The molecule has 1 saturated carbocycles. The van der Waals surface area contributed by atoms with Crippen LogP contribution in [0.4, 0.5) is 0 Å². The predicted molar refractivity (Wildman–Crippen MR) is 122 cm³/mol. The second-order valence-corrected chi connectivity index (χ2v) is 9.84. The predicted octanol–water partition coefficient (Wildman–Crippen LogP) is 4.29. The van der Waals surface area contributed by atoms with E-state index >= 15 is 0 Å². The van der Waals surface area contributed by atoms with Crippen molar-refractivity contribution in [3.05, 3.63) is 64.7 Å². The quantitative estimate of drug-likeness (QED) is 0.514. The topological polar surface area (TPSA) is 84.5 Å². The highest BCUT2D eigenvalue weighted by atomic mass is 35.5. The Balaban J connectivity index is 1.52. The van der Waals surface area contributed by atoms with E-state index in [0.717, 1.165) is 18.4 Å². The first kappa shape index (κ1) is 23.7. The van der Waals surface area contributed by atoms with Gasteiger partial charge in [-0.25, -0.2) is 13.1 Å². The van der Waals surface area contributed by atoms with Gasteiger partial charge in [0.1, 0.15) is 4.90 Å². The van der Waals surface area contributed by atoms with E-state index in [0.29, 0.717) is 25.7 Å². The van der Waals surface area contributed by atoms with Gasteiger partial charge in [0, 0.05) is 25.3 Å². The van der Waals surface area contributed by atoms with Crippen molar-refractivity contribution in [1.82, 2.24) is 10.0 Å². The van der Waals surface area contributed by atoms with E-state index in [1.165, 1.54) is 37.5 Å². The van der Waals surface area contributed by atoms with Crippen molar-refractivity contribution in [3.8, 4) is 0 Å². The molecule has 0 spiro atoms. The van der Waals surface area contributed by atoms with E-state index in [2.05, 4.69) is 10.0 Å². The average molecular weight is 465 g/mol. The van der Waals surface area contributed by atoms with Gasteiger partial charge in [-0.3, -0.25) is 4.79 Å². The lowest BCUT2D eigenvalue weighted by Gasteiger charge is -2.21. The minimum Gasteiger partial charge on any atom is -0.378 e. The number of benzene rings is 2. The fraction of sp³-hybridized carbons (Fsp3) is 0.435. The van der Waals surface area contributed by atoms with Crippen molar-refractivity contribution in [2.24, 2.45) is 0 Å². The molecule has 6 nitrogen and oxygen atoms in total. The van der Waals surface area contributed by atoms with E-state index in [-0.39, 0.29) is 27.9 Å². The van der Waals surface area contributed by atoms with Crippen LogP contribution in [0.2, 0.25) is 5.02 Å². The normalized spacial score (nSPS) is 15.0. The Bertz CT molecular complexity index is 961. The molecule has 0 aliphatic heterocycles. The van der Waals surface area contributed by atoms with E-state index in [1.807, 2.05) is 30.3 Å². The number of hydrogen-bond donors (Lipinski definition) is 2. The van der Waals surface area contributed by atoms with Crippen LogP contribution in [-0.4, -0.2) is 33.6 Å². The van der Waals surface area contributed by atoms with E-state index in [4.69, 9.17) is 16.3 Å². The van der Waals surface area contributed by atoms with Gasteiger partial charge < -0.3 is 10.1 Å². The molecule has 2 aromatic rings. The first-order valence-electron chi connectivity index (χ1n) is 10.7. The Morgan fingerprint density at radius 2 is 1.81 bits per heavy atom. The molecule has 2 aromatic carbocycles. The van der Waals surface area contributed by atoms with E-state index < -0.39 is 10.0 Å². The van der Waals surface area contributed by atoms with Gasteiger partial charge in [-0.05, 0) is 43.0 Å². The molecular weight excluding hydrogens is 436 g/mol. The summed E-state index contributed by atoms with van der Waals surface area (Å²) in [6.07, 6.45) is 7.03. The number of ether oxygens (including phenoxy) is 1. The molecule has 0 aromatic heterocycles. The summed E-state index contributed by atoms with van der Waals surface area (Å²) in [5, 5.41) is 2.88. The molecule has 1 aliphatic carbocycles. The summed E-state index contributed by atoms with van der Waals surface area (Å²) >= 11 is 6.12. The largest absolute Gasteiger partial charge is 0.378 e. The second-order valence-electron chi connectivity index (χ2n) is 7.70. The number of amides is 1. The summed E-state index contributed by atoms with van der Waals surface area (Å²) in [6.45, 7) is 1.20. The molecule has 168 valence electrons. The molecule has 3 rings (SSSR count). The Hall–Kier alpha value is -1.93. The first-order valence-corrected chi connectivity index (χ1v) is 12.5. The number of carbonyl (C=O) groups excluding carboxylic acids is 1. The average Bonchev–Trinajstić information content (AvgIpc) is 2.79. The summed E-state index contributed by atoms with van der Waals surface area (Å²) in [7, 11) is -3.87. The van der Waals surface area contributed by atoms with Crippen LogP contribution < -0.4 is 10.0 Å². The summed E-state index contributed by atoms with van der Waals surface area (Å²) in [5.41, 5.74) is 1.07. The number of rotatable bonds is 10. The van der Waals surface area contributed by atoms with E-state index in [9.17, 15) is 13.2 Å². The lowest BCUT2D eigenvalue weighted by Crippen LogP contribution is -2.27. The SMILES string of the molecule is O=C(NCCCOC1CCCCC1)c1ccc(Cl)c(S(=O)(=O)NCc2ccccc2)c1. The van der Waals surface area contributed by atoms with Crippen molar-refractivity contribution in [2.75, 3.05) is 13.2 Å². The Labute approximate surface area is 189 Å². The van der Waals surface area contributed by atoms with Gasteiger partial charge in [0.15, 0.2) is 0 Å². The lowest BCUT2D eigenvalue weighted by molar-refractivity contribution is 0.0273. The fourth-order valence-corrected chi connectivity index (χ4v) is 5.10. The first-order chi connectivity index (χ1) is 15.0. The summed E-state index contributed by atoms with van der Waals surface area (Å²) in [4.78, 5) is 12.4. The molecule has 0 heterocycles. The van der Waals surface area contributed by atoms with Crippen LogP contribution in [0, 0.1) is 0 Å². The van der Waals surface area contributed by atoms with Gasteiger partial charge >= 0.3 is 0 Å². The second kappa shape index (κ2) is 11.6. The fourth-order valence-electron chi connectivity index (χ4n) is 3.56. The third-order valence-electron chi connectivity index (χ3n) is 5.30. The molecular formula is C23H29ClN2O4S. The number of sulfonamides is 1. The number of halogens is 1. The lowest BCUT2D eigenvalue weighted by atomic mass is 9.98. The minimum absolute atomic E-state index is 0.0676. The third kappa shape index (κ3) is 7.31. The van der Waals surface area contributed by atoms with E-state index in [1.54, 1.807) is 0 Å². The molecule has 2 N–H and O–H groups in total. The molecule has 1 fully saturated rings. The Kier molecular flexibility index (Phi) is 8.90. The molecule has 1 aliphatic rings. The molecule has 0 bridgehead atoms. The van der Waals surface area contributed by atoms with Crippen LogP contribution in [-0.2, 0) is 21.3 Å². The third-order valence-corrected chi connectivity index (χ3v) is 7.19. The standard InChI is InChI=1S/C23H29ClN2O4S/c24-21-13-12-19(23(27)25-14-7-15-30-20-10-5-2-6-11-20)16-22(21)31(28,29)26-17-18-8-3-1-4-9-18/h1,3-4,8-9,12-13,16,20,26H,2,5-7,10-11,14-15,17H2,(H,25,27). The molecule has 0 radical (unpaired) electrons. The number of carbonyl (C=O) groups is 1. The molecule has 0 saturated heterocycles. The summed E-state index contributed by atoms with van der Waals surface area (Å²) in [5.74, 6) is -0.339. The molecule has 0 unspecified atom stereocenters. The molecule has 31 heavy (non-hydrogen) atoms. The molecule has 8 heteroatoms. The van der Waals surface area contributed by atoms with Gasteiger partial charge in [0.05, 0.1) is 11.1 Å². The monoisotopic (exact) mass is 464 g/mol. The Morgan fingerprint density at radius 1 is 1.06 bits per heavy atom. The zero-order valence-corrected chi connectivity index (χ0v) is 19.1. The van der Waals surface area contributed by atoms with Gasteiger partial charge in [-0.2, -0.15) is 0 Å². The van der Waals surface area contributed by atoms with Crippen LogP contribution in [0.5, 0.6) is 0 Å². The highest BCUT2D eigenvalue weighted by Crippen LogP contribution is 2.23. The molecule has 0 atom stereocenters. The van der Waals surface area contributed by atoms with Gasteiger partial charge in [-0.15, -0.1) is 0 Å². The summed E-state index contributed by atoms with van der Waals surface area (Å²) < 4.78 is 33.8. The number of nitrogens with one attached hydrogen (secondary N) is 2. The minimum atomic E-state index is -3.87. The highest BCUT2D eigenvalue weighted by molar-refractivity contribution is 7.89.